The van der Waals surface area contributed by atoms with Gasteiger partial charge in [-0.15, -0.1) is 0 Å². The van der Waals surface area contributed by atoms with Gasteiger partial charge in [0.15, 0.2) is 17.8 Å². The Morgan fingerprint density at radius 1 is 0.382 bits per heavy atom. The minimum absolute atomic E-state index is 0.00589. The van der Waals surface area contributed by atoms with Crippen LogP contribution in [-0.2, 0) is 14.3 Å². The number of carbonyl (C=O) groups is 2. The molecule has 0 unspecified atom stereocenters. The van der Waals surface area contributed by atoms with Crippen molar-refractivity contribution in [3.8, 4) is 17.2 Å². The van der Waals surface area contributed by atoms with Gasteiger partial charge in [0, 0.05) is 19.0 Å². The van der Waals surface area contributed by atoms with Gasteiger partial charge >= 0.3 is 5.97 Å². The lowest BCUT2D eigenvalue weighted by molar-refractivity contribution is -0.143. The SMILES string of the molecule is CCCCCCCCCCCCCCCCCCOc1cc(C(=O)N(C)CCOC(=O)CC[C]=O)cc(OCCCCCCCCCCCCCCCCCC)c1OCCCCCCCCCCCCCCCCCC. The highest BCUT2D eigenvalue weighted by Crippen LogP contribution is 2.40. The Bertz CT molecular complexity index is 1360. The summed E-state index contributed by atoms with van der Waals surface area (Å²) in [5.41, 5.74) is 0.461. The maximum Gasteiger partial charge on any atom is 0.306 e. The molecule has 443 valence electrons. The van der Waals surface area contributed by atoms with Gasteiger partial charge in [0.25, 0.3) is 5.91 Å². The minimum Gasteiger partial charge on any atom is -0.490 e. The Morgan fingerprint density at radius 3 is 0.921 bits per heavy atom. The first-order valence-corrected chi connectivity index (χ1v) is 33.3. The van der Waals surface area contributed by atoms with Crippen LogP contribution in [0.5, 0.6) is 17.2 Å². The minimum atomic E-state index is -0.468. The van der Waals surface area contributed by atoms with E-state index in [1.54, 1.807) is 18.2 Å². The summed E-state index contributed by atoms with van der Waals surface area (Å²) in [5.74, 6) is 1.06. The molecule has 1 aromatic carbocycles. The van der Waals surface area contributed by atoms with Crippen molar-refractivity contribution >= 4 is 18.2 Å². The normalized spacial score (nSPS) is 11.3. The van der Waals surface area contributed by atoms with Crippen molar-refractivity contribution in [1.29, 1.82) is 0 Å². The highest BCUT2D eigenvalue weighted by molar-refractivity contribution is 5.95. The summed E-state index contributed by atoms with van der Waals surface area (Å²) in [4.78, 5) is 38.2. The summed E-state index contributed by atoms with van der Waals surface area (Å²) in [6, 6.07) is 3.64. The van der Waals surface area contributed by atoms with Crippen molar-refractivity contribution in [2.75, 3.05) is 40.0 Å². The van der Waals surface area contributed by atoms with E-state index in [0.717, 1.165) is 38.5 Å². The van der Waals surface area contributed by atoms with Gasteiger partial charge < -0.3 is 23.8 Å². The first kappa shape index (κ1) is 71.2. The third kappa shape index (κ3) is 45.1. The van der Waals surface area contributed by atoms with E-state index in [2.05, 4.69) is 20.8 Å². The first-order valence-electron chi connectivity index (χ1n) is 33.3. The van der Waals surface area contributed by atoms with E-state index < -0.39 is 5.97 Å². The van der Waals surface area contributed by atoms with E-state index in [0.29, 0.717) is 42.6 Å². The van der Waals surface area contributed by atoms with E-state index in [1.165, 1.54) is 270 Å². The van der Waals surface area contributed by atoms with Crippen molar-refractivity contribution in [2.45, 2.75) is 342 Å². The average molecular weight is 1070 g/mol. The molecule has 76 heavy (non-hydrogen) atoms. The lowest BCUT2D eigenvalue weighted by atomic mass is 10.0. The van der Waals surface area contributed by atoms with Crippen LogP contribution >= 0.6 is 0 Å². The molecule has 0 aliphatic rings. The Morgan fingerprint density at radius 2 is 0.645 bits per heavy atom. The first-order chi connectivity index (χ1) is 37.5. The Balaban J connectivity index is 2.82. The highest BCUT2D eigenvalue weighted by Gasteiger charge is 2.22. The van der Waals surface area contributed by atoms with Crippen molar-refractivity contribution < 1.29 is 33.3 Å². The van der Waals surface area contributed by atoms with Gasteiger partial charge in [-0.1, -0.05) is 310 Å². The molecule has 0 saturated heterocycles. The summed E-state index contributed by atoms with van der Waals surface area (Å²) in [7, 11) is 1.71. The van der Waals surface area contributed by atoms with Gasteiger partial charge in [-0.3, -0.25) is 14.4 Å². The van der Waals surface area contributed by atoms with Crippen LogP contribution in [0.1, 0.15) is 352 Å². The largest absolute Gasteiger partial charge is 0.490 e. The standard InChI is InChI=1S/C68H124NO7/c1-5-8-11-14-17-20-23-26-29-32-35-38-41-44-47-50-57-73-64-61-63(68(72)69(4)55-60-75-66(71)54-53-56-70)62-65(74-58-51-48-45-42-39-36-33-30-27-24-21-18-15-12-9-6-2)67(64)76-59-52-49-46-43-40-37-34-31-28-25-22-19-16-13-10-7-3/h61-62H,5-55,57-60H2,1-4H3. The molecule has 0 aliphatic heterocycles. The average Bonchev–Trinajstić information content (AvgIpc) is 3.42. The number of rotatable bonds is 61. The van der Waals surface area contributed by atoms with E-state index in [9.17, 15) is 14.4 Å². The molecule has 8 heteroatoms. The highest BCUT2D eigenvalue weighted by atomic mass is 16.5. The van der Waals surface area contributed by atoms with Gasteiger partial charge in [0.05, 0.1) is 32.8 Å². The fourth-order valence-electron chi connectivity index (χ4n) is 10.4. The monoisotopic (exact) mass is 1070 g/mol. The quantitative estimate of drug-likeness (QED) is 0.0474. The van der Waals surface area contributed by atoms with Crippen LogP contribution in [0.2, 0.25) is 0 Å². The number of hydrogen-bond donors (Lipinski definition) is 0. The molecule has 0 N–H and O–H groups in total. The number of hydrogen-bond acceptors (Lipinski definition) is 7. The van der Waals surface area contributed by atoms with Crippen LogP contribution < -0.4 is 14.2 Å². The van der Waals surface area contributed by atoms with Gasteiger partial charge in [-0.2, -0.15) is 0 Å². The maximum atomic E-state index is 14.0. The van der Waals surface area contributed by atoms with Crippen LogP contribution in [0.15, 0.2) is 12.1 Å². The van der Waals surface area contributed by atoms with E-state index >= 15 is 0 Å². The molecule has 1 radical (unpaired) electrons. The topological polar surface area (TPSA) is 91.4 Å². The van der Waals surface area contributed by atoms with Crippen LogP contribution in [0.4, 0.5) is 0 Å². The second-order valence-corrected chi connectivity index (χ2v) is 22.8. The lowest BCUT2D eigenvalue weighted by Crippen LogP contribution is -2.31. The van der Waals surface area contributed by atoms with Crippen molar-refractivity contribution in [2.24, 2.45) is 0 Å². The zero-order valence-corrected chi connectivity index (χ0v) is 50.9. The van der Waals surface area contributed by atoms with Crippen LogP contribution in [-0.4, -0.2) is 63.1 Å². The molecule has 0 aromatic heterocycles. The third-order valence-corrected chi connectivity index (χ3v) is 15.5. The molecule has 1 aromatic rings. The molecule has 0 atom stereocenters. The molecule has 0 heterocycles. The molecule has 0 fully saturated rings. The van der Waals surface area contributed by atoms with Gasteiger partial charge in [0.2, 0.25) is 5.75 Å². The number of likely N-dealkylation sites (N-methyl/N-ethyl adjacent to an activating group) is 1. The van der Waals surface area contributed by atoms with Crippen LogP contribution in [0.25, 0.3) is 0 Å². The predicted octanol–water partition coefficient (Wildman–Crippen LogP) is 21.1. The molecule has 1 rings (SSSR count). The molecule has 0 saturated carbocycles. The van der Waals surface area contributed by atoms with E-state index in [4.69, 9.17) is 18.9 Å². The van der Waals surface area contributed by atoms with Crippen LogP contribution in [0, 0.1) is 0 Å². The van der Waals surface area contributed by atoms with Gasteiger partial charge in [-0.25, -0.2) is 0 Å². The third-order valence-electron chi connectivity index (χ3n) is 15.5. The van der Waals surface area contributed by atoms with Crippen molar-refractivity contribution in [3.05, 3.63) is 17.7 Å². The fraction of sp³-hybridized carbons (Fsp3) is 0.868. The summed E-state index contributed by atoms with van der Waals surface area (Å²) in [5, 5.41) is 0. The lowest BCUT2D eigenvalue weighted by Gasteiger charge is -2.21. The molecule has 1 amide bonds. The number of benzene rings is 1. The summed E-state index contributed by atoms with van der Waals surface area (Å²) >= 11 is 0. The number of ether oxygens (including phenoxy) is 4. The van der Waals surface area contributed by atoms with Crippen molar-refractivity contribution in [3.63, 3.8) is 0 Å². The Kier molecular flexibility index (Phi) is 53.4. The van der Waals surface area contributed by atoms with E-state index in [1.807, 2.05) is 12.1 Å². The molecular formula is C68H124NO7. The number of esters is 1. The molecule has 0 spiro atoms. The molecule has 0 aliphatic carbocycles. The number of amides is 1. The van der Waals surface area contributed by atoms with E-state index in [-0.39, 0.29) is 31.9 Å². The molecule has 0 bridgehead atoms. The second-order valence-electron chi connectivity index (χ2n) is 22.8. The maximum absolute atomic E-state index is 14.0. The number of nitrogens with zero attached hydrogens (tertiary/aromatic N) is 1. The molecular weight excluding hydrogens is 943 g/mol. The second kappa shape index (κ2) is 56.9. The Labute approximate surface area is 471 Å². The zero-order chi connectivity index (χ0) is 54.9. The zero-order valence-electron chi connectivity index (χ0n) is 50.9. The summed E-state index contributed by atoms with van der Waals surface area (Å²) in [6.45, 7) is 8.81. The smallest absolute Gasteiger partial charge is 0.306 e. The predicted molar refractivity (Wildman–Crippen MR) is 324 cm³/mol. The number of unbranched alkanes of at least 4 members (excludes halogenated alkanes) is 45. The van der Waals surface area contributed by atoms with Gasteiger partial charge in [-0.05, 0) is 31.4 Å². The summed E-state index contributed by atoms with van der Waals surface area (Å²) in [6.07, 6.45) is 65.1. The van der Waals surface area contributed by atoms with Crippen molar-refractivity contribution in [1.82, 2.24) is 4.90 Å². The molecule has 8 nitrogen and oxygen atoms in total. The van der Waals surface area contributed by atoms with Gasteiger partial charge in [0.1, 0.15) is 6.61 Å². The Hall–Kier alpha value is -2.77. The fourth-order valence-corrected chi connectivity index (χ4v) is 10.4. The summed E-state index contributed by atoms with van der Waals surface area (Å²) < 4.78 is 25.0. The van der Waals surface area contributed by atoms with Crippen LogP contribution in [0.3, 0.4) is 0 Å². The number of carbonyl (C=O) groups excluding carboxylic acids is 3.